The van der Waals surface area contributed by atoms with Gasteiger partial charge in [-0.3, -0.25) is 0 Å². The highest BCUT2D eigenvalue weighted by molar-refractivity contribution is 7.80. The van der Waals surface area contributed by atoms with Crippen molar-refractivity contribution in [2.75, 3.05) is 12.4 Å². The predicted molar refractivity (Wildman–Crippen MR) is 141 cm³/mol. The van der Waals surface area contributed by atoms with Crippen LogP contribution in [0.15, 0.2) is 24.3 Å². The third-order valence-electron chi connectivity index (χ3n) is 7.24. The van der Waals surface area contributed by atoms with E-state index in [0.717, 1.165) is 29.9 Å². The van der Waals surface area contributed by atoms with Crippen LogP contribution in [0.2, 0.25) is 0 Å². The highest BCUT2D eigenvalue weighted by Gasteiger charge is 2.21. The molecule has 0 spiro atoms. The van der Waals surface area contributed by atoms with Gasteiger partial charge in [0.05, 0.1) is 6.61 Å². The van der Waals surface area contributed by atoms with E-state index >= 15 is 0 Å². The molecule has 0 N–H and O–H groups in total. The Balaban J connectivity index is 1.47. The second-order valence-corrected chi connectivity index (χ2v) is 10.3. The lowest BCUT2D eigenvalue weighted by atomic mass is 9.77. The van der Waals surface area contributed by atoms with Gasteiger partial charge in [0.2, 0.25) is 0 Å². The van der Waals surface area contributed by atoms with E-state index in [1.807, 2.05) is 0 Å². The third-order valence-corrected chi connectivity index (χ3v) is 7.55. The van der Waals surface area contributed by atoms with Gasteiger partial charge in [0, 0.05) is 0 Å². The quantitative estimate of drug-likeness (QED) is 0.174. The number of rotatable bonds is 18. The minimum atomic E-state index is 0.777. The maximum absolute atomic E-state index is 6.00. The monoisotopic (exact) mass is 446 g/mol. The average Bonchev–Trinajstić information content (AvgIpc) is 2.81. The zero-order valence-electron chi connectivity index (χ0n) is 20.5. The van der Waals surface area contributed by atoms with Crippen LogP contribution >= 0.6 is 12.6 Å². The van der Waals surface area contributed by atoms with Crippen LogP contribution in [0, 0.1) is 5.92 Å². The van der Waals surface area contributed by atoms with Gasteiger partial charge in [-0.1, -0.05) is 96.1 Å². The van der Waals surface area contributed by atoms with Gasteiger partial charge in [0.25, 0.3) is 0 Å². The van der Waals surface area contributed by atoms with Crippen molar-refractivity contribution >= 4 is 12.6 Å². The summed E-state index contributed by atoms with van der Waals surface area (Å²) in [7, 11) is 0. The molecule has 1 nitrogen and oxygen atoms in total. The third kappa shape index (κ3) is 12.3. The van der Waals surface area contributed by atoms with E-state index in [2.05, 4.69) is 43.8 Å². The number of hydrogen-bond donors (Lipinski definition) is 1. The molecule has 1 aliphatic rings. The Morgan fingerprint density at radius 2 is 1.29 bits per heavy atom. The van der Waals surface area contributed by atoms with Crippen LogP contribution in [-0.4, -0.2) is 12.4 Å². The van der Waals surface area contributed by atoms with Gasteiger partial charge in [0.15, 0.2) is 0 Å². The van der Waals surface area contributed by atoms with Crippen LogP contribution in [0.1, 0.15) is 134 Å². The van der Waals surface area contributed by atoms with Gasteiger partial charge in [0.1, 0.15) is 5.75 Å². The molecule has 0 unspecified atom stereocenters. The summed E-state index contributed by atoms with van der Waals surface area (Å²) in [6.07, 6.45) is 24.8. The molecule has 2 rings (SSSR count). The number of unbranched alkanes of at least 4 members (excludes halogenated alkanes) is 11. The van der Waals surface area contributed by atoms with Crippen LogP contribution in [0.25, 0.3) is 0 Å². The van der Waals surface area contributed by atoms with Crippen molar-refractivity contribution in [3.63, 3.8) is 0 Å². The van der Waals surface area contributed by atoms with Gasteiger partial charge in [-0.15, -0.1) is 0 Å². The minimum Gasteiger partial charge on any atom is -0.494 e. The second kappa shape index (κ2) is 17.9. The number of hydrogen-bond acceptors (Lipinski definition) is 2. The largest absolute Gasteiger partial charge is 0.494 e. The van der Waals surface area contributed by atoms with Gasteiger partial charge < -0.3 is 4.74 Å². The lowest BCUT2D eigenvalue weighted by Crippen LogP contribution is -2.13. The van der Waals surface area contributed by atoms with Gasteiger partial charge in [-0.05, 0) is 73.8 Å². The molecule has 31 heavy (non-hydrogen) atoms. The molecule has 1 saturated carbocycles. The second-order valence-electron chi connectivity index (χ2n) is 9.89. The first-order chi connectivity index (χ1) is 15.3. The summed E-state index contributed by atoms with van der Waals surface area (Å²) in [5.74, 6) is 3.87. The fraction of sp³-hybridized carbons (Fsp3) is 0.793. The van der Waals surface area contributed by atoms with E-state index in [1.54, 1.807) is 0 Å². The van der Waals surface area contributed by atoms with Crippen molar-refractivity contribution in [2.45, 2.75) is 128 Å². The highest BCUT2D eigenvalue weighted by atomic mass is 32.1. The molecule has 0 aromatic heterocycles. The van der Waals surface area contributed by atoms with E-state index in [0.29, 0.717) is 0 Å². The summed E-state index contributed by atoms with van der Waals surface area (Å²) >= 11 is 4.27. The summed E-state index contributed by atoms with van der Waals surface area (Å²) in [6.45, 7) is 3.17. The van der Waals surface area contributed by atoms with E-state index in [-0.39, 0.29) is 0 Å². The van der Waals surface area contributed by atoms with E-state index in [4.69, 9.17) is 4.74 Å². The smallest absolute Gasteiger partial charge is 0.119 e. The fourth-order valence-electron chi connectivity index (χ4n) is 5.12. The Kier molecular flexibility index (Phi) is 15.3. The molecule has 0 saturated heterocycles. The number of ether oxygens (including phenoxy) is 1. The van der Waals surface area contributed by atoms with Crippen LogP contribution in [0.5, 0.6) is 5.75 Å². The molecule has 178 valence electrons. The molecule has 1 aromatic carbocycles. The van der Waals surface area contributed by atoms with E-state index in [1.165, 1.54) is 121 Å². The van der Waals surface area contributed by atoms with Crippen LogP contribution in [0.4, 0.5) is 0 Å². The topological polar surface area (TPSA) is 9.23 Å². The van der Waals surface area contributed by atoms with E-state index < -0.39 is 0 Å². The average molecular weight is 447 g/mol. The molecule has 1 aromatic rings. The van der Waals surface area contributed by atoms with Crippen molar-refractivity contribution in [2.24, 2.45) is 5.92 Å². The molecular weight excluding hydrogens is 396 g/mol. The molecule has 1 aliphatic carbocycles. The molecule has 0 atom stereocenters. The van der Waals surface area contributed by atoms with Crippen LogP contribution in [0.3, 0.4) is 0 Å². The molecule has 0 amide bonds. The van der Waals surface area contributed by atoms with Crippen LogP contribution in [-0.2, 0) is 0 Å². The Labute approximate surface area is 199 Å². The predicted octanol–water partition coefficient (Wildman–Crippen LogP) is 9.75. The Morgan fingerprint density at radius 3 is 1.87 bits per heavy atom. The Morgan fingerprint density at radius 1 is 0.710 bits per heavy atom. The summed E-state index contributed by atoms with van der Waals surface area (Å²) in [6, 6.07) is 9.06. The summed E-state index contributed by atoms with van der Waals surface area (Å²) in [5.41, 5.74) is 1.53. The molecule has 0 aliphatic heterocycles. The minimum absolute atomic E-state index is 0.777. The van der Waals surface area contributed by atoms with E-state index in [9.17, 15) is 0 Å². The van der Waals surface area contributed by atoms with Gasteiger partial charge >= 0.3 is 0 Å². The SMILES string of the molecule is CCCCCC1CCC(c2ccc(OCCCCCCCCCCCCS)cc2)CC1. The molecular formula is C29H50OS. The standard InChI is InChI=1S/C29H50OS/c1-2-3-12-15-26-16-18-27(19-17-26)28-20-22-29(23-21-28)30-24-13-10-8-6-4-5-7-9-11-14-25-31/h20-23,26-27,31H,2-19,24-25H2,1H3. The first kappa shape index (κ1) is 26.6. The Hall–Kier alpha value is -0.630. The molecule has 0 bridgehead atoms. The maximum Gasteiger partial charge on any atom is 0.119 e. The number of benzene rings is 1. The summed E-state index contributed by atoms with van der Waals surface area (Å²) in [4.78, 5) is 0. The van der Waals surface area contributed by atoms with Crippen molar-refractivity contribution in [1.29, 1.82) is 0 Å². The van der Waals surface area contributed by atoms with Gasteiger partial charge in [-0.25, -0.2) is 0 Å². The fourth-order valence-corrected chi connectivity index (χ4v) is 5.35. The van der Waals surface area contributed by atoms with Crippen molar-refractivity contribution in [1.82, 2.24) is 0 Å². The maximum atomic E-state index is 6.00. The van der Waals surface area contributed by atoms with Gasteiger partial charge in [-0.2, -0.15) is 12.6 Å². The lowest BCUT2D eigenvalue weighted by molar-refractivity contribution is 0.299. The van der Waals surface area contributed by atoms with Crippen molar-refractivity contribution < 1.29 is 4.74 Å². The van der Waals surface area contributed by atoms with Crippen LogP contribution < -0.4 is 4.74 Å². The normalized spacial score (nSPS) is 18.9. The zero-order valence-corrected chi connectivity index (χ0v) is 21.4. The molecule has 0 heterocycles. The molecule has 1 fully saturated rings. The van der Waals surface area contributed by atoms with Crippen molar-refractivity contribution in [3.8, 4) is 5.75 Å². The first-order valence-corrected chi connectivity index (χ1v) is 14.3. The highest BCUT2D eigenvalue weighted by Crippen LogP contribution is 2.38. The summed E-state index contributed by atoms with van der Waals surface area (Å²) < 4.78 is 6.00. The lowest BCUT2D eigenvalue weighted by Gasteiger charge is -2.29. The van der Waals surface area contributed by atoms with Crippen molar-refractivity contribution in [3.05, 3.63) is 29.8 Å². The first-order valence-electron chi connectivity index (χ1n) is 13.7. The molecule has 2 heteroatoms. The zero-order chi connectivity index (χ0) is 22.0. The Bertz CT molecular complexity index is 518. The summed E-state index contributed by atoms with van der Waals surface area (Å²) in [5, 5.41) is 0. The number of thiol groups is 1. The molecule has 0 radical (unpaired) electrons.